The first kappa shape index (κ1) is 21.7. The van der Waals surface area contributed by atoms with Gasteiger partial charge in [0.1, 0.15) is 0 Å². The monoisotopic (exact) mass is 454 g/mol. The summed E-state index contributed by atoms with van der Waals surface area (Å²) in [7, 11) is 0. The van der Waals surface area contributed by atoms with Crippen LogP contribution < -0.4 is 5.56 Å². The van der Waals surface area contributed by atoms with E-state index in [1.807, 2.05) is 60.7 Å². The highest BCUT2D eigenvalue weighted by atomic mass is 32.2. The third-order valence-corrected chi connectivity index (χ3v) is 7.34. The molecule has 1 aliphatic rings. The van der Waals surface area contributed by atoms with Gasteiger partial charge in [0, 0.05) is 5.56 Å². The van der Waals surface area contributed by atoms with Gasteiger partial charge in [-0.3, -0.25) is 14.2 Å². The van der Waals surface area contributed by atoms with E-state index >= 15 is 0 Å². The molecule has 1 saturated carbocycles. The Morgan fingerprint density at radius 2 is 1.58 bits per heavy atom. The molecule has 4 aromatic rings. The van der Waals surface area contributed by atoms with Crippen LogP contribution in [0.3, 0.4) is 0 Å². The van der Waals surface area contributed by atoms with Gasteiger partial charge in [-0.05, 0) is 48.6 Å². The van der Waals surface area contributed by atoms with E-state index in [4.69, 9.17) is 4.98 Å². The number of Topliss-reactive ketones (excluding diaryl/α,β-unsaturated/α-hetero) is 1. The van der Waals surface area contributed by atoms with Crippen LogP contribution in [0.1, 0.15) is 53.9 Å². The van der Waals surface area contributed by atoms with Crippen LogP contribution in [0.4, 0.5) is 0 Å². The van der Waals surface area contributed by atoms with Gasteiger partial charge < -0.3 is 0 Å². The van der Waals surface area contributed by atoms with E-state index in [2.05, 4.69) is 12.1 Å². The number of benzene rings is 3. The molecule has 0 N–H and O–H groups in total. The molecule has 0 atom stereocenters. The molecule has 0 bridgehead atoms. The van der Waals surface area contributed by atoms with Gasteiger partial charge >= 0.3 is 0 Å². The van der Waals surface area contributed by atoms with Gasteiger partial charge in [0.2, 0.25) is 0 Å². The van der Waals surface area contributed by atoms with Crippen molar-refractivity contribution < 1.29 is 4.79 Å². The molecule has 33 heavy (non-hydrogen) atoms. The summed E-state index contributed by atoms with van der Waals surface area (Å²) in [6.45, 7) is 0. The molecule has 0 saturated heterocycles. The average Bonchev–Trinajstić information content (AvgIpc) is 2.88. The Kier molecular flexibility index (Phi) is 6.40. The van der Waals surface area contributed by atoms with Crippen LogP contribution in [-0.2, 0) is 0 Å². The van der Waals surface area contributed by atoms with Crippen molar-refractivity contribution in [1.29, 1.82) is 0 Å². The van der Waals surface area contributed by atoms with Gasteiger partial charge in [-0.2, -0.15) is 0 Å². The molecule has 3 aromatic carbocycles. The predicted octanol–water partition coefficient (Wildman–Crippen LogP) is 6.41. The lowest BCUT2D eigenvalue weighted by Gasteiger charge is -2.22. The number of fused-ring (bicyclic) bond motifs is 1. The molecule has 1 aromatic heterocycles. The van der Waals surface area contributed by atoms with E-state index in [0.717, 1.165) is 5.69 Å². The van der Waals surface area contributed by atoms with Gasteiger partial charge in [0.15, 0.2) is 10.9 Å². The number of thioether (sulfide) groups is 1. The second-order valence-electron chi connectivity index (χ2n) is 8.56. The SMILES string of the molecule is O=C(CSc1nc2ccccc2c(=O)n1-c1ccccc1)c1ccc(C2CCCCC2)cc1. The quantitative estimate of drug-likeness (QED) is 0.192. The van der Waals surface area contributed by atoms with Crippen molar-refractivity contribution in [3.8, 4) is 5.69 Å². The smallest absolute Gasteiger partial charge is 0.266 e. The average molecular weight is 455 g/mol. The highest BCUT2D eigenvalue weighted by molar-refractivity contribution is 7.99. The number of aromatic nitrogens is 2. The Morgan fingerprint density at radius 3 is 2.33 bits per heavy atom. The topological polar surface area (TPSA) is 52.0 Å². The fraction of sp³-hybridized carbons (Fsp3) is 0.250. The normalized spacial score (nSPS) is 14.4. The maximum atomic E-state index is 13.3. The summed E-state index contributed by atoms with van der Waals surface area (Å²) in [4.78, 5) is 31.0. The molecule has 1 aliphatic carbocycles. The minimum Gasteiger partial charge on any atom is -0.293 e. The summed E-state index contributed by atoms with van der Waals surface area (Å²) in [6.07, 6.45) is 6.41. The minimum absolute atomic E-state index is 0.0391. The molecule has 0 amide bonds. The molecule has 0 radical (unpaired) electrons. The summed E-state index contributed by atoms with van der Waals surface area (Å²) in [5, 5.41) is 1.09. The molecule has 1 heterocycles. The third kappa shape index (κ3) is 4.64. The lowest BCUT2D eigenvalue weighted by atomic mass is 9.84. The highest BCUT2D eigenvalue weighted by Crippen LogP contribution is 2.32. The van der Waals surface area contributed by atoms with Crippen molar-refractivity contribution in [3.05, 3.63) is 100 Å². The zero-order chi connectivity index (χ0) is 22.6. The molecule has 166 valence electrons. The molecule has 4 nitrogen and oxygen atoms in total. The number of hydrogen-bond donors (Lipinski definition) is 0. The minimum atomic E-state index is -0.126. The first-order chi connectivity index (χ1) is 16.2. The summed E-state index contributed by atoms with van der Waals surface area (Å²) in [5.74, 6) is 0.886. The van der Waals surface area contributed by atoms with E-state index in [0.29, 0.717) is 27.5 Å². The number of carbonyl (C=O) groups is 1. The van der Waals surface area contributed by atoms with Crippen molar-refractivity contribution in [2.45, 2.75) is 43.2 Å². The molecule has 0 spiro atoms. The van der Waals surface area contributed by atoms with Crippen LogP contribution in [0.2, 0.25) is 0 Å². The summed E-state index contributed by atoms with van der Waals surface area (Å²) in [6, 6.07) is 24.9. The van der Waals surface area contributed by atoms with Crippen LogP contribution in [0.15, 0.2) is 88.8 Å². The zero-order valence-corrected chi connectivity index (χ0v) is 19.3. The van der Waals surface area contributed by atoms with E-state index < -0.39 is 0 Å². The molecule has 5 heteroatoms. The van der Waals surface area contributed by atoms with Gasteiger partial charge in [0.25, 0.3) is 5.56 Å². The number of nitrogens with zero attached hydrogens (tertiary/aromatic N) is 2. The fourth-order valence-electron chi connectivity index (χ4n) is 4.60. The molecule has 5 rings (SSSR count). The number of hydrogen-bond acceptors (Lipinski definition) is 4. The van der Waals surface area contributed by atoms with Gasteiger partial charge in [-0.1, -0.05) is 85.6 Å². The van der Waals surface area contributed by atoms with Gasteiger partial charge in [-0.25, -0.2) is 4.98 Å². The predicted molar refractivity (Wildman–Crippen MR) is 135 cm³/mol. The summed E-state index contributed by atoms with van der Waals surface area (Å²) < 4.78 is 1.60. The second kappa shape index (κ2) is 9.75. The first-order valence-corrected chi connectivity index (χ1v) is 12.5. The Hall–Kier alpha value is -3.18. The van der Waals surface area contributed by atoms with Crippen LogP contribution >= 0.6 is 11.8 Å². The van der Waals surface area contributed by atoms with Crippen LogP contribution in [0.25, 0.3) is 16.6 Å². The van der Waals surface area contributed by atoms with E-state index in [1.54, 1.807) is 10.6 Å². The maximum absolute atomic E-state index is 13.3. The summed E-state index contributed by atoms with van der Waals surface area (Å²) in [5.41, 5.74) is 3.30. The molecular formula is C28H26N2O2S. The zero-order valence-electron chi connectivity index (χ0n) is 18.4. The highest BCUT2D eigenvalue weighted by Gasteiger charge is 2.17. The fourth-order valence-corrected chi connectivity index (χ4v) is 5.51. The summed E-state index contributed by atoms with van der Waals surface area (Å²) >= 11 is 1.31. The standard InChI is InChI=1S/C28H26N2O2S/c31-26(22-17-15-21(16-18-22)20-9-3-1-4-10-20)19-33-28-29-25-14-8-7-13-24(25)27(32)30(28)23-11-5-2-6-12-23/h2,5-8,11-18,20H,1,3-4,9-10,19H2. The molecular weight excluding hydrogens is 428 g/mol. The van der Waals surface area contributed by atoms with Crippen molar-refractivity contribution in [2.24, 2.45) is 0 Å². The number of para-hydroxylation sites is 2. The van der Waals surface area contributed by atoms with Crippen LogP contribution in [-0.4, -0.2) is 21.1 Å². The van der Waals surface area contributed by atoms with Crippen molar-refractivity contribution in [1.82, 2.24) is 9.55 Å². The Bertz CT molecular complexity index is 1320. The second-order valence-corrected chi connectivity index (χ2v) is 9.50. The number of rotatable bonds is 6. The van der Waals surface area contributed by atoms with Crippen molar-refractivity contribution in [2.75, 3.05) is 5.75 Å². The number of ketones is 1. The lowest BCUT2D eigenvalue weighted by molar-refractivity contribution is 0.102. The molecule has 1 fully saturated rings. The number of carbonyl (C=O) groups excluding carboxylic acids is 1. The van der Waals surface area contributed by atoms with Crippen LogP contribution in [0.5, 0.6) is 0 Å². The third-order valence-electron chi connectivity index (χ3n) is 6.40. The van der Waals surface area contributed by atoms with E-state index in [1.165, 1.54) is 49.4 Å². The van der Waals surface area contributed by atoms with Crippen LogP contribution in [0, 0.1) is 0 Å². The molecule has 0 unspecified atom stereocenters. The van der Waals surface area contributed by atoms with E-state index in [9.17, 15) is 9.59 Å². The Labute approximate surface area is 197 Å². The van der Waals surface area contributed by atoms with E-state index in [-0.39, 0.29) is 17.1 Å². The Morgan fingerprint density at radius 1 is 0.879 bits per heavy atom. The van der Waals surface area contributed by atoms with Crippen molar-refractivity contribution >= 4 is 28.4 Å². The molecule has 0 aliphatic heterocycles. The van der Waals surface area contributed by atoms with Crippen molar-refractivity contribution in [3.63, 3.8) is 0 Å². The lowest BCUT2D eigenvalue weighted by Crippen LogP contribution is -2.22. The first-order valence-electron chi connectivity index (χ1n) is 11.5. The van der Waals surface area contributed by atoms with Gasteiger partial charge in [-0.15, -0.1) is 0 Å². The van der Waals surface area contributed by atoms with Gasteiger partial charge in [0.05, 0.1) is 22.3 Å². The Balaban J connectivity index is 1.40. The maximum Gasteiger partial charge on any atom is 0.266 e. The largest absolute Gasteiger partial charge is 0.293 e.